The van der Waals surface area contributed by atoms with Crippen LogP contribution in [0.4, 0.5) is 4.79 Å². The van der Waals surface area contributed by atoms with Gasteiger partial charge in [0.1, 0.15) is 24.7 Å². The number of hydrogen-bond acceptors (Lipinski definition) is 7. The van der Waals surface area contributed by atoms with Crippen LogP contribution in [0.15, 0.2) is 30.3 Å². The Hall–Kier alpha value is -3.67. The third-order valence-corrected chi connectivity index (χ3v) is 8.86. The number of likely N-dealkylation sites (tertiary alicyclic amines) is 1. The molecule has 3 fully saturated rings. The molecule has 2 heterocycles. The van der Waals surface area contributed by atoms with E-state index in [0.717, 1.165) is 5.56 Å². The maximum atomic E-state index is 14.2. The second-order valence-electron chi connectivity index (χ2n) is 13.5. The Morgan fingerprint density at radius 3 is 2.40 bits per heavy atom. The van der Waals surface area contributed by atoms with Gasteiger partial charge in [-0.2, -0.15) is 0 Å². The molecule has 2 aliphatic heterocycles. The number of carbonyl (C=O) groups excluding carboxylic acids is 5. The number of piperidine rings is 1. The highest BCUT2D eigenvalue weighted by Gasteiger charge is 2.69. The van der Waals surface area contributed by atoms with Gasteiger partial charge in [-0.1, -0.05) is 44.2 Å². The van der Waals surface area contributed by atoms with E-state index < -0.39 is 59.6 Å². The van der Waals surface area contributed by atoms with Crippen molar-refractivity contribution in [2.24, 2.45) is 28.9 Å². The van der Waals surface area contributed by atoms with E-state index in [2.05, 4.69) is 16.0 Å². The van der Waals surface area contributed by atoms with Gasteiger partial charge < -0.3 is 36.1 Å². The van der Waals surface area contributed by atoms with Gasteiger partial charge in [-0.25, -0.2) is 4.79 Å². The third kappa shape index (κ3) is 7.46. The second kappa shape index (κ2) is 12.5. The number of rotatable bonds is 11. The van der Waals surface area contributed by atoms with Gasteiger partial charge in [-0.3, -0.25) is 19.2 Å². The highest BCUT2D eigenvalue weighted by atomic mass is 16.6. The second-order valence-corrected chi connectivity index (χ2v) is 13.5. The van der Waals surface area contributed by atoms with Crippen molar-refractivity contribution in [1.29, 1.82) is 0 Å². The van der Waals surface area contributed by atoms with Crippen molar-refractivity contribution in [2.75, 3.05) is 13.1 Å². The summed E-state index contributed by atoms with van der Waals surface area (Å²) in [5.74, 6) is -2.44. The summed E-state index contributed by atoms with van der Waals surface area (Å²) in [7, 11) is 0. The molecule has 0 radical (unpaired) electrons. The van der Waals surface area contributed by atoms with E-state index in [1.807, 2.05) is 65.0 Å². The fourth-order valence-electron chi connectivity index (χ4n) is 6.55. The topological polar surface area (TPSA) is 169 Å². The molecule has 1 aromatic carbocycles. The molecule has 3 aliphatic rings. The molecular weight excluding hydrogens is 554 g/mol. The minimum atomic E-state index is -1.15. The van der Waals surface area contributed by atoms with Gasteiger partial charge in [-0.05, 0) is 63.4 Å². The molecule has 0 spiro atoms. The Labute approximate surface area is 252 Å². The number of carbonyl (C=O) groups is 5. The van der Waals surface area contributed by atoms with Crippen LogP contribution in [-0.2, 0) is 35.3 Å². The van der Waals surface area contributed by atoms with Gasteiger partial charge in [0.2, 0.25) is 23.6 Å². The van der Waals surface area contributed by atoms with Crippen molar-refractivity contribution in [1.82, 2.24) is 20.9 Å². The number of ether oxygens (including phenoxy) is 2. The number of amides is 5. The highest BCUT2D eigenvalue weighted by Crippen LogP contribution is 2.65. The standard InChI is InChI=1S/C31H45N5O7/c1-17(43-30(2,3)4)23(35-29(41)42-16-18-10-8-7-9-11-18)28(40)36-15-20-22(31(20,5)6)24(36)27(39)34-21(25(32)37)14-19-12-13-33-26(19)38/h7-11,17,19-24H,12-16H2,1-6H3,(H2,32,37)(H,33,38)(H,34,39)(H,35,41)/t17-,19+,20+,21+,22+,23+,24+/m1/s1. The average molecular weight is 600 g/mol. The van der Waals surface area contributed by atoms with Crippen LogP contribution in [0.2, 0.25) is 0 Å². The van der Waals surface area contributed by atoms with Crippen LogP contribution < -0.4 is 21.7 Å². The van der Waals surface area contributed by atoms with Crippen LogP contribution in [0, 0.1) is 23.2 Å². The molecule has 1 aliphatic carbocycles. The van der Waals surface area contributed by atoms with Gasteiger partial charge in [0.05, 0.1) is 11.7 Å². The van der Waals surface area contributed by atoms with E-state index in [4.69, 9.17) is 15.2 Å². The molecule has 0 aromatic heterocycles. The first-order chi connectivity index (χ1) is 20.1. The number of nitrogens with two attached hydrogens (primary N) is 1. The SMILES string of the molecule is C[C@@H](OC(C)(C)C)[C@H](NC(=O)OCc1ccccc1)C(=O)N1C[C@H]2[C@@H]([C@H]1C(=O)N[C@@H](C[C@@H]1CCNC1=O)C(N)=O)C2(C)C. The Morgan fingerprint density at radius 1 is 1.14 bits per heavy atom. The summed E-state index contributed by atoms with van der Waals surface area (Å²) in [5, 5.41) is 8.15. The van der Waals surface area contributed by atoms with Gasteiger partial charge >= 0.3 is 6.09 Å². The van der Waals surface area contributed by atoms with Gasteiger partial charge in [0.25, 0.3) is 0 Å². The lowest BCUT2D eigenvalue weighted by Crippen LogP contribution is -2.60. The largest absolute Gasteiger partial charge is 0.445 e. The average Bonchev–Trinajstić information content (AvgIpc) is 3.26. The monoisotopic (exact) mass is 599 g/mol. The van der Waals surface area contributed by atoms with Crippen LogP contribution in [0.1, 0.15) is 59.9 Å². The van der Waals surface area contributed by atoms with Gasteiger partial charge in [0.15, 0.2) is 0 Å². The summed E-state index contributed by atoms with van der Waals surface area (Å²) < 4.78 is 11.5. The Morgan fingerprint density at radius 2 is 1.81 bits per heavy atom. The maximum Gasteiger partial charge on any atom is 0.408 e. The van der Waals surface area contributed by atoms with E-state index in [0.29, 0.717) is 19.5 Å². The predicted molar refractivity (Wildman–Crippen MR) is 157 cm³/mol. The molecule has 5 amide bonds. The number of nitrogens with one attached hydrogen (secondary N) is 3. The molecule has 4 rings (SSSR count). The van der Waals surface area contributed by atoms with Crippen molar-refractivity contribution in [3.63, 3.8) is 0 Å². The molecule has 0 bridgehead atoms. The molecule has 0 unspecified atom stereocenters. The first kappa shape index (κ1) is 32.2. The number of primary amides is 1. The summed E-state index contributed by atoms with van der Waals surface area (Å²) in [5.41, 5.74) is 5.60. The van der Waals surface area contributed by atoms with E-state index in [9.17, 15) is 24.0 Å². The molecule has 5 N–H and O–H groups in total. The molecule has 12 heteroatoms. The van der Waals surface area contributed by atoms with Crippen molar-refractivity contribution in [2.45, 2.75) is 90.8 Å². The van der Waals surface area contributed by atoms with Crippen molar-refractivity contribution < 1.29 is 33.4 Å². The zero-order valence-corrected chi connectivity index (χ0v) is 25.8. The summed E-state index contributed by atoms with van der Waals surface area (Å²) >= 11 is 0. The number of alkyl carbamates (subject to hydrolysis) is 1. The number of benzene rings is 1. The molecule has 7 atom stereocenters. The molecule has 43 heavy (non-hydrogen) atoms. The minimum absolute atomic E-state index is 0.0166. The number of nitrogens with zero attached hydrogens (tertiary/aromatic N) is 1. The van der Waals surface area contributed by atoms with Crippen molar-refractivity contribution >= 4 is 29.7 Å². The summed E-state index contributed by atoms with van der Waals surface area (Å²) in [6, 6.07) is 6.06. The fourth-order valence-corrected chi connectivity index (χ4v) is 6.55. The fraction of sp³-hybridized carbons (Fsp3) is 0.645. The van der Waals surface area contributed by atoms with E-state index in [1.165, 1.54) is 4.90 Å². The predicted octanol–water partition coefficient (Wildman–Crippen LogP) is 1.46. The first-order valence-electron chi connectivity index (χ1n) is 14.9. The maximum absolute atomic E-state index is 14.2. The third-order valence-electron chi connectivity index (χ3n) is 8.86. The van der Waals surface area contributed by atoms with Crippen LogP contribution in [0.5, 0.6) is 0 Å². The molecule has 2 saturated heterocycles. The summed E-state index contributed by atoms with van der Waals surface area (Å²) in [6.07, 6.45) is -0.923. The van der Waals surface area contributed by atoms with Crippen molar-refractivity contribution in [3.8, 4) is 0 Å². The normalized spacial score (nSPS) is 26.0. The lowest BCUT2D eigenvalue weighted by molar-refractivity contribution is -0.148. The van der Waals surface area contributed by atoms with E-state index in [1.54, 1.807) is 6.92 Å². The molecular formula is C31H45N5O7. The number of fused-ring (bicyclic) bond motifs is 1. The van der Waals surface area contributed by atoms with E-state index >= 15 is 0 Å². The van der Waals surface area contributed by atoms with Crippen molar-refractivity contribution in [3.05, 3.63) is 35.9 Å². The number of hydrogen-bond donors (Lipinski definition) is 4. The summed E-state index contributed by atoms with van der Waals surface area (Å²) in [6.45, 7) is 12.1. The minimum Gasteiger partial charge on any atom is -0.445 e. The Balaban J connectivity index is 1.52. The van der Waals surface area contributed by atoms with E-state index in [-0.39, 0.29) is 36.2 Å². The van der Waals surface area contributed by atoms with Crippen LogP contribution in [-0.4, -0.2) is 77.5 Å². The summed E-state index contributed by atoms with van der Waals surface area (Å²) in [4.78, 5) is 66.8. The molecule has 236 valence electrons. The van der Waals surface area contributed by atoms with Crippen LogP contribution >= 0.6 is 0 Å². The molecule has 12 nitrogen and oxygen atoms in total. The Kier molecular flexibility index (Phi) is 9.39. The first-order valence-corrected chi connectivity index (χ1v) is 14.9. The quantitative estimate of drug-likeness (QED) is 0.298. The highest BCUT2D eigenvalue weighted by molar-refractivity contribution is 5.95. The lowest BCUT2D eigenvalue weighted by Gasteiger charge is -2.36. The van der Waals surface area contributed by atoms with Crippen LogP contribution in [0.3, 0.4) is 0 Å². The Bertz CT molecular complexity index is 1230. The van der Waals surface area contributed by atoms with Gasteiger partial charge in [-0.15, -0.1) is 0 Å². The lowest BCUT2D eigenvalue weighted by atomic mass is 9.96. The van der Waals surface area contributed by atoms with Gasteiger partial charge in [0, 0.05) is 19.0 Å². The molecule has 1 aromatic rings. The molecule has 1 saturated carbocycles. The smallest absolute Gasteiger partial charge is 0.408 e. The van der Waals surface area contributed by atoms with Crippen LogP contribution in [0.25, 0.3) is 0 Å². The zero-order chi connectivity index (χ0) is 31.7. The zero-order valence-electron chi connectivity index (χ0n) is 25.8.